The smallest absolute Gasteiger partial charge is 0.407 e. The highest BCUT2D eigenvalue weighted by molar-refractivity contribution is 7.89. The fourth-order valence-corrected chi connectivity index (χ4v) is 2.41. The molecule has 0 radical (unpaired) electrons. The predicted octanol–water partition coefficient (Wildman–Crippen LogP) is 2.26. The van der Waals surface area contributed by atoms with Gasteiger partial charge in [-0.05, 0) is 31.9 Å². The van der Waals surface area contributed by atoms with E-state index in [4.69, 9.17) is 4.74 Å². The van der Waals surface area contributed by atoms with Crippen LogP contribution in [0, 0.1) is 0 Å². The van der Waals surface area contributed by atoms with Crippen LogP contribution in [-0.4, -0.2) is 26.4 Å². The van der Waals surface area contributed by atoms with E-state index in [2.05, 4.69) is 5.32 Å². The Morgan fingerprint density at radius 3 is 2.40 bits per heavy atom. The zero-order valence-electron chi connectivity index (χ0n) is 12.3. The summed E-state index contributed by atoms with van der Waals surface area (Å²) in [5.74, 6) is -0.00667. The molecule has 0 aliphatic carbocycles. The molecule has 0 aromatic heterocycles. The van der Waals surface area contributed by atoms with Crippen molar-refractivity contribution in [3.8, 4) is 0 Å². The molecule has 112 valence electrons. The molecule has 6 heteroatoms. The van der Waals surface area contributed by atoms with E-state index in [1.54, 1.807) is 39.0 Å². The number of carbonyl (C=O) groups is 1. The first-order chi connectivity index (χ1) is 9.05. The van der Waals surface area contributed by atoms with Gasteiger partial charge in [0.1, 0.15) is 5.60 Å². The van der Waals surface area contributed by atoms with Crippen LogP contribution in [0.1, 0.15) is 31.9 Å². The van der Waals surface area contributed by atoms with Crippen molar-refractivity contribution in [2.24, 2.45) is 0 Å². The summed E-state index contributed by atoms with van der Waals surface area (Å²) in [5, 5.41) is 2.63. The molecule has 1 N–H and O–H groups in total. The van der Waals surface area contributed by atoms with Crippen molar-refractivity contribution >= 4 is 15.9 Å². The number of nitrogens with one attached hydrogen (secondary N) is 1. The number of amides is 1. The minimum Gasteiger partial charge on any atom is -0.444 e. The Kier molecular flexibility index (Phi) is 5.16. The summed E-state index contributed by atoms with van der Waals surface area (Å²) < 4.78 is 27.6. The van der Waals surface area contributed by atoms with Gasteiger partial charge in [-0.3, -0.25) is 0 Å². The maximum Gasteiger partial charge on any atom is 0.407 e. The summed E-state index contributed by atoms with van der Waals surface area (Å²) in [5.41, 5.74) is 0.996. The summed E-state index contributed by atoms with van der Waals surface area (Å²) in [6, 6.07) is 7.10. The Bertz CT molecular complexity index is 573. The van der Waals surface area contributed by atoms with E-state index < -0.39 is 21.5 Å². The van der Waals surface area contributed by atoms with Gasteiger partial charge in [0.25, 0.3) is 0 Å². The molecule has 0 fully saturated rings. The molecule has 0 aliphatic rings. The van der Waals surface area contributed by atoms with Gasteiger partial charge in [-0.1, -0.05) is 24.3 Å². The number of sulfone groups is 1. The van der Waals surface area contributed by atoms with Crippen LogP contribution >= 0.6 is 0 Å². The molecule has 1 aromatic rings. The van der Waals surface area contributed by atoms with Crippen LogP contribution in [0.2, 0.25) is 0 Å². The monoisotopic (exact) mass is 299 g/mol. The van der Waals surface area contributed by atoms with Crippen LogP contribution in [0.25, 0.3) is 0 Å². The molecule has 1 amide bonds. The molecule has 1 aromatic carbocycles. The predicted molar refractivity (Wildman–Crippen MR) is 78.1 cm³/mol. The van der Waals surface area contributed by atoms with Gasteiger partial charge < -0.3 is 10.1 Å². The van der Waals surface area contributed by atoms with Crippen molar-refractivity contribution in [3.63, 3.8) is 0 Å². The molecule has 0 unspecified atom stereocenters. The van der Waals surface area contributed by atoms with Crippen LogP contribution in [0.4, 0.5) is 4.79 Å². The first-order valence-corrected chi connectivity index (χ1v) is 8.34. The van der Waals surface area contributed by atoms with Gasteiger partial charge in [0.05, 0.1) is 5.75 Å². The van der Waals surface area contributed by atoms with Crippen LogP contribution < -0.4 is 5.32 Å². The first-order valence-electron chi connectivity index (χ1n) is 6.27. The molecule has 0 atom stereocenters. The average Bonchev–Trinajstić information content (AvgIpc) is 2.22. The van der Waals surface area contributed by atoms with E-state index in [9.17, 15) is 13.2 Å². The minimum atomic E-state index is -3.06. The second-order valence-electron chi connectivity index (χ2n) is 5.75. The lowest BCUT2D eigenvalue weighted by Gasteiger charge is -2.19. The summed E-state index contributed by atoms with van der Waals surface area (Å²) in [7, 11) is -3.06. The van der Waals surface area contributed by atoms with Crippen molar-refractivity contribution in [2.75, 3.05) is 6.26 Å². The molecular weight excluding hydrogens is 278 g/mol. The molecule has 0 spiro atoms. The van der Waals surface area contributed by atoms with Crippen molar-refractivity contribution in [3.05, 3.63) is 35.4 Å². The largest absolute Gasteiger partial charge is 0.444 e. The van der Waals surface area contributed by atoms with Gasteiger partial charge in [-0.2, -0.15) is 0 Å². The quantitative estimate of drug-likeness (QED) is 0.925. The maximum absolute atomic E-state index is 11.5. The molecule has 0 saturated carbocycles. The van der Waals surface area contributed by atoms with E-state index in [0.717, 1.165) is 5.56 Å². The Hall–Kier alpha value is -1.56. The molecule has 20 heavy (non-hydrogen) atoms. The van der Waals surface area contributed by atoms with Crippen LogP contribution in [-0.2, 0) is 26.9 Å². The number of hydrogen-bond donors (Lipinski definition) is 1. The molecule has 5 nitrogen and oxygen atoms in total. The van der Waals surface area contributed by atoms with E-state index in [-0.39, 0.29) is 5.75 Å². The Morgan fingerprint density at radius 2 is 1.85 bits per heavy atom. The van der Waals surface area contributed by atoms with E-state index in [0.29, 0.717) is 12.1 Å². The number of benzene rings is 1. The summed E-state index contributed by atoms with van der Waals surface area (Å²) >= 11 is 0. The fraction of sp³-hybridized carbons (Fsp3) is 0.500. The fourth-order valence-electron chi connectivity index (χ4n) is 1.62. The second-order valence-corrected chi connectivity index (χ2v) is 7.89. The normalized spacial score (nSPS) is 12.0. The lowest BCUT2D eigenvalue weighted by molar-refractivity contribution is 0.0523. The van der Waals surface area contributed by atoms with Crippen LogP contribution in [0.5, 0.6) is 0 Å². The highest BCUT2D eigenvalue weighted by Crippen LogP contribution is 2.10. The third kappa shape index (κ3) is 7.13. The van der Waals surface area contributed by atoms with Gasteiger partial charge >= 0.3 is 6.09 Å². The maximum atomic E-state index is 11.5. The lowest BCUT2D eigenvalue weighted by Crippen LogP contribution is -2.32. The van der Waals surface area contributed by atoms with Gasteiger partial charge in [0, 0.05) is 12.8 Å². The van der Waals surface area contributed by atoms with E-state index >= 15 is 0 Å². The number of rotatable bonds is 4. The summed E-state index contributed by atoms with van der Waals surface area (Å²) in [6.45, 7) is 5.67. The van der Waals surface area contributed by atoms with Crippen molar-refractivity contribution < 1.29 is 17.9 Å². The van der Waals surface area contributed by atoms with Gasteiger partial charge in [0.15, 0.2) is 9.84 Å². The van der Waals surface area contributed by atoms with Gasteiger partial charge in [-0.15, -0.1) is 0 Å². The van der Waals surface area contributed by atoms with E-state index in [1.165, 1.54) is 6.26 Å². The minimum absolute atomic E-state index is 0.00667. The zero-order chi connectivity index (χ0) is 15.4. The van der Waals surface area contributed by atoms with E-state index in [1.807, 2.05) is 6.07 Å². The van der Waals surface area contributed by atoms with Gasteiger partial charge in [-0.25, -0.2) is 13.2 Å². The molecular formula is C14H21NO4S. The van der Waals surface area contributed by atoms with Crippen molar-refractivity contribution in [1.82, 2.24) is 5.32 Å². The topological polar surface area (TPSA) is 72.5 Å². The molecule has 0 saturated heterocycles. The number of carbonyl (C=O) groups excluding carboxylic acids is 1. The Balaban J connectivity index is 2.61. The highest BCUT2D eigenvalue weighted by Gasteiger charge is 2.15. The Morgan fingerprint density at radius 1 is 1.25 bits per heavy atom. The summed E-state index contributed by atoms with van der Waals surface area (Å²) in [6.07, 6.45) is 0.699. The Labute approximate surface area is 120 Å². The third-order valence-electron chi connectivity index (χ3n) is 2.26. The van der Waals surface area contributed by atoms with Crippen LogP contribution in [0.15, 0.2) is 24.3 Å². The second kappa shape index (κ2) is 6.26. The SMILES string of the molecule is CC(C)(C)OC(=O)NCc1cccc(CS(C)(=O)=O)c1. The first kappa shape index (κ1) is 16.5. The van der Waals surface area contributed by atoms with Crippen molar-refractivity contribution in [1.29, 1.82) is 0 Å². The standard InChI is InChI=1S/C14H21NO4S/c1-14(2,3)19-13(16)15-9-11-6-5-7-12(8-11)10-20(4,17)18/h5-8H,9-10H2,1-4H3,(H,15,16). The average molecular weight is 299 g/mol. The zero-order valence-corrected chi connectivity index (χ0v) is 13.1. The molecule has 1 rings (SSSR count). The lowest BCUT2D eigenvalue weighted by atomic mass is 10.1. The summed E-state index contributed by atoms with van der Waals surface area (Å²) in [4.78, 5) is 11.5. The molecule has 0 heterocycles. The number of ether oxygens (including phenoxy) is 1. The molecule has 0 bridgehead atoms. The highest BCUT2D eigenvalue weighted by atomic mass is 32.2. The number of hydrogen-bond acceptors (Lipinski definition) is 4. The van der Waals surface area contributed by atoms with Crippen molar-refractivity contribution in [2.45, 2.75) is 38.7 Å². The third-order valence-corrected chi connectivity index (χ3v) is 3.11. The molecule has 0 aliphatic heterocycles. The van der Waals surface area contributed by atoms with Crippen LogP contribution in [0.3, 0.4) is 0 Å². The van der Waals surface area contributed by atoms with Gasteiger partial charge in [0.2, 0.25) is 0 Å². The number of alkyl carbamates (subject to hydrolysis) is 1.